The summed E-state index contributed by atoms with van der Waals surface area (Å²) in [4.78, 5) is 19.1. The van der Waals surface area contributed by atoms with E-state index in [9.17, 15) is 4.79 Å². The van der Waals surface area contributed by atoms with Gasteiger partial charge in [-0.25, -0.2) is 4.98 Å². The minimum atomic E-state index is 0.0587. The number of hydrogen-bond acceptors (Lipinski definition) is 3. The molecule has 1 saturated heterocycles. The summed E-state index contributed by atoms with van der Waals surface area (Å²) < 4.78 is 0. The molecule has 0 aliphatic carbocycles. The maximum absolute atomic E-state index is 12.7. The summed E-state index contributed by atoms with van der Waals surface area (Å²) in [5, 5.41) is 3.31. The van der Waals surface area contributed by atoms with Gasteiger partial charge in [-0.1, -0.05) is 24.6 Å². The summed E-state index contributed by atoms with van der Waals surface area (Å²) in [5.74, 6) is 0.0587. The highest BCUT2D eigenvalue weighted by Gasteiger charge is 2.26. The zero-order valence-electron chi connectivity index (χ0n) is 14.5. The first-order valence-corrected chi connectivity index (χ1v) is 8.78. The first-order valence-electron chi connectivity index (χ1n) is 8.78. The zero-order valence-corrected chi connectivity index (χ0v) is 14.5. The fraction of sp³-hybridized carbons (Fsp3) is 0.400. The normalized spacial score (nSPS) is 17.6. The Bertz CT molecular complexity index is 679. The number of pyridine rings is 1. The Balaban J connectivity index is 1.69. The molecular weight excluding hydrogens is 298 g/mol. The smallest absolute Gasteiger partial charge is 0.272 e. The minimum absolute atomic E-state index is 0.0587. The summed E-state index contributed by atoms with van der Waals surface area (Å²) in [6.45, 7) is 5.07. The summed E-state index contributed by atoms with van der Waals surface area (Å²) in [5.41, 5.74) is 3.67. The van der Waals surface area contributed by atoms with E-state index < -0.39 is 0 Å². The lowest BCUT2D eigenvalue weighted by atomic mass is 9.99. The van der Waals surface area contributed by atoms with E-state index in [0.717, 1.165) is 37.2 Å². The van der Waals surface area contributed by atoms with Gasteiger partial charge in [0.15, 0.2) is 0 Å². The number of carbonyl (C=O) groups is 1. The first kappa shape index (κ1) is 16.5. The van der Waals surface area contributed by atoms with Gasteiger partial charge < -0.3 is 10.2 Å². The minimum Gasteiger partial charge on any atom is -0.354 e. The van der Waals surface area contributed by atoms with Gasteiger partial charge in [0.05, 0.1) is 11.9 Å². The summed E-state index contributed by atoms with van der Waals surface area (Å²) in [6.07, 6.45) is 6.16. The molecule has 1 amide bonds. The molecule has 0 spiro atoms. The second kappa shape index (κ2) is 7.47. The van der Waals surface area contributed by atoms with E-state index in [-0.39, 0.29) is 5.91 Å². The molecule has 1 unspecified atom stereocenters. The summed E-state index contributed by atoms with van der Waals surface area (Å²) in [6, 6.07) is 12.3. The maximum atomic E-state index is 12.7. The van der Waals surface area contributed by atoms with Crippen LogP contribution in [-0.4, -0.2) is 28.4 Å². The second-order valence-electron chi connectivity index (χ2n) is 6.48. The summed E-state index contributed by atoms with van der Waals surface area (Å²) >= 11 is 0. The lowest BCUT2D eigenvalue weighted by molar-refractivity contribution is 0.0602. The molecule has 4 nitrogen and oxygen atoms in total. The Morgan fingerprint density at radius 2 is 1.92 bits per heavy atom. The van der Waals surface area contributed by atoms with Gasteiger partial charge in [-0.15, -0.1) is 0 Å². The SMILES string of the molecule is CCC1CCCCN1C(=O)c1ccc(Nc2ccc(C)cc2)cn1. The van der Waals surface area contributed by atoms with Crippen LogP contribution >= 0.6 is 0 Å². The average Bonchev–Trinajstić information content (AvgIpc) is 2.63. The van der Waals surface area contributed by atoms with Gasteiger partial charge in [-0.05, 0) is 56.9 Å². The number of likely N-dealkylation sites (tertiary alicyclic amines) is 1. The second-order valence-corrected chi connectivity index (χ2v) is 6.48. The molecule has 2 heterocycles. The number of anilines is 2. The Hall–Kier alpha value is -2.36. The first-order chi connectivity index (χ1) is 11.7. The highest BCUT2D eigenvalue weighted by molar-refractivity contribution is 5.92. The molecule has 1 fully saturated rings. The number of amides is 1. The van der Waals surface area contributed by atoms with Crippen molar-refractivity contribution in [3.8, 4) is 0 Å². The van der Waals surface area contributed by atoms with E-state index >= 15 is 0 Å². The number of piperidine rings is 1. The van der Waals surface area contributed by atoms with Crippen LogP contribution in [-0.2, 0) is 0 Å². The van der Waals surface area contributed by atoms with Crippen molar-refractivity contribution in [1.82, 2.24) is 9.88 Å². The Morgan fingerprint density at radius 3 is 2.58 bits per heavy atom. The standard InChI is InChI=1S/C20H25N3O/c1-3-18-6-4-5-13-23(18)20(24)19-12-11-17(14-21-19)22-16-9-7-15(2)8-10-16/h7-12,14,18,22H,3-6,13H2,1-2H3. The molecule has 0 radical (unpaired) electrons. The number of hydrogen-bond donors (Lipinski definition) is 1. The molecule has 1 aromatic heterocycles. The topological polar surface area (TPSA) is 45.2 Å². The number of nitrogens with zero attached hydrogens (tertiary/aromatic N) is 2. The number of aryl methyl sites for hydroxylation is 1. The van der Waals surface area contributed by atoms with Crippen molar-refractivity contribution in [2.45, 2.75) is 45.6 Å². The van der Waals surface area contributed by atoms with E-state index in [1.165, 1.54) is 12.0 Å². The summed E-state index contributed by atoms with van der Waals surface area (Å²) in [7, 11) is 0. The van der Waals surface area contributed by atoms with Crippen molar-refractivity contribution < 1.29 is 4.79 Å². The number of rotatable bonds is 4. The quantitative estimate of drug-likeness (QED) is 0.898. The lowest BCUT2D eigenvalue weighted by Gasteiger charge is -2.35. The van der Waals surface area contributed by atoms with Gasteiger partial charge in [0.1, 0.15) is 5.69 Å². The molecule has 1 aromatic carbocycles. The third-order valence-corrected chi connectivity index (χ3v) is 4.68. The Labute approximate surface area is 143 Å². The monoisotopic (exact) mass is 323 g/mol. The zero-order chi connectivity index (χ0) is 16.9. The number of benzene rings is 1. The van der Waals surface area contributed by atoms with E-state index in [0.29, 0.717) is 11.7 Å². The molecular formula is C20H25N3O. The van der Waals surface area contributed by atoms with Gasteiger partial charge >= 0.3 is 0 Å². The fourth-order valence-corrected chi connectivity index (χ4v) is 3.24. The van der Waals surface area contributed by atoms with Crippen LogP contribution in [0.5, 0.6) is 0 Å². The van der Waals surface area contributed by atoms with E-state index in [1.54, 1.807) is 6.20 Å². The van der Waals surface area contributed by atoms with Crippen molar-refractivity contribution >= 4 is 17.3 Å². The predicted octanol–water partition coefficient (Wildman–Crippen LogP) is 4.54. The third-order valence-electron chi connectivity index (χ3n) is 4.68. The van der Waals surface area contributed by atoms with Crippen molar-refractivity contribution in [2.24, 2.45) is 0 Å². The molecule has 1 aliphatic heterocycles. The van der Waals surface area contributed by atoms with Crippen molar-refractivity contribution in [1.29, 1.82) is 0 Å². The van der Waals surface area contributed by atoms with Crippen LogP contribution in [0, 0.1) is 6.92 Å². The van der Waals surface area contributed by atoms with Gasteiger partial charge in [-0.3, -0.25) is 4.79 Å². The third kappa shape index (κ3) is 3.75. The highest BCUT2D eigenvalue weighted by atomic mass is 16.2. The van der Waals surface area contributed by atoms with Crippen LogP contribution < -0.4 is 5.32 Å². The molecule has 4 heteroatoms. The molecule has 0 saturated carbocycles. The molecule has 1 aliphatic rings. The van der Waals surface area contributed by atoms with Gasteiger partial charge in [0.25, 0.3) is 5.91 Å². The van der Waals surface area contributed by atoms with Crippen LogP contribution in [0.4, 0.5) is 11.4 Å². The largest absolute Gasteiger partial charge is 0.354 e. The number of carbonyl (C=O) groups excluding carboxylic acids is 1. The van der Waals surface area contributed by atoms with Crippen LogP contribution in [0.15, 0.2) is 42.6 Å². The molecule has 2 aromatic rings. The maximum Gasteiger partial charge on any atom is 0.272 e. The van der Waals surface area contributed by atoms with Crippen molar-refractivity contribution in [2.75, 3.05) is 11.9 Å². The molecule has 126 valence electrons. The lowest BCUT2D eigenvalue weighted by Crippen LogP contribution is -2.43. The molecule has 0 bridgehead atoms. The molecule has 1 atom stereocenters. The van der Waals surface area contributed by atoms with Crippen LogP contribution in [0.2, 0.25) is 0 Å². The van der Waals surface area contributed by atoms with Crippen molar-refractivity contribution in [3.05, 3.63) is 53.9 Å². The van der Waals surface area contributed by atoms with E-state index in [4.69, 9.17) is 0 Å². The molecule has 3 rings (SSSR count). The van der Waals surface area contributed by atoms with Crippen LogP contribution in [0.25, 0.3) is 0 Å². The fourth-order valence-electron chi connectivity index (χ4n) is 3.24. The van der Waals surface area contributed by atoms with Crippen molar-refractivity contribution in [3.63, 3.8) is 0 Å². The Kier molecular flexibility index (Phi) is 5.14. The highest BCUT2D eigenvalue weighted by Crippen LogP contribution is 2.22. The Morgan fingerprint density at radius 1 is 1.17 bits per heavy atom. The van der Waals surface area contributed by atoms with Crippen LogP contribution in [0.3, 0.4) is 0 Å². The predicted molar refractivity (Wildman–Crippen MR) is 97.7 cm³/mol. The van der Waals surface area contributed by atoms with Crippen LogP contribution in [0.1, 0.15) is 48.7 Å². The van der Waals surface area contributed by atoms with Gasteiger partial charge in [0.2, 0.25) is 0 Å². The van der Waals surface area contributed by atoms with E-state index in [1.807, 2.05) is 29.2 Å². The average molecular weight is 323 g/mol. The molecule has 24 heavy (non-hydrogen) atoms. The van der Waals surface area contributed by atoms with Gasteiger partial charge in [0, 0.05) is 18.3 Å². The van der Waals surface area contributed by atoms with Gasteiger partial charge in [-0.2, -0.15) is 0 Å². The number of aromatic nitrogens is 1. The molecule has 1 N–H and O–H groups in total. The van der Waals surface area contributed by atoms with E-state index in [2.05, 4.69) is 36.3 Å². The number of nitrogens with one attached hydrogen (secondary N) is 1.